The fourth-order valence-corrected chi connectivity index (χ4v) is 1.98. The van der Waals surface area contributed by atoms with Crippen molar-refractivity contribution >= 4 is 15.9 Å². The molecular weight excluding hydrogens is 297 g/mol. The Morgan fingerprint density at radius 3 is 2.65 bits per heavy atom. The van der Waals surface area contributed by atoms with Crippen LogP contribution in [-0.2, 0) is 6.54 Å². The van der Waals surface area contributed by atoms with Crippen LogP contribution in [0.2, 0.25) is 0 Å². The van der Waals surface area contributed by atoms with Crippen molar-refractivity contribution in [2.75, 3.05) is 18.4 Å². The van der Waals surface area contributed by atoms with E-state index in [1.165, 1.54) is 4.90 Å². The molecular formula is C11H14BrF3N2. The molecule has 0 saturated carbocycles. The van der Waals surface area contributed by atoms with Gasteiger partial charge < -0.3 is 0 Å². The molecule has 0 aliphatic heterocycles. The highest BCUT2D eigenvalue weighted by Gasteiger charge is 2.30. The fraction of sp³-hybridized carbons (Fsp3) is 0.545. The summed E-state index contributed by atoms with van der Waals surface area (Å²) in [6, 6.07) is 3.62. The lowest BCUT2D eigenvalue weighted by Crippen LogP contribution is -2.35. The zero-order valence-electron chi connectivity index (χ0n) is 9.47. The number of pyridine rings is 1. The van der Waals surface area contributed by atoms with Crippen molar-refractivity contribution in [2.45, 2.75) is 19.6 Å². The van der Waals surface area contributed by atoms with Crippen LogP contribution in [0.3, 0.4) is 0 Å². The molecule has 1 heterocycles. The first-order valence-electron chi connectivity index (χ1n) is 5.18. The number of hydrogen-bond acceptors (Lipinski definition) is 2. The smallest absolute Gasteiger partial charge is 0.288 e. The quantitative estimate of drug-likeness (QED) is 0.777. The van der Waals surface area contributed by atoms with Crippen LogP contribution in [0.1, 0.15) is 11.3 Å². The standard InChI is InChI=1S/C11H14BrF3N2/c1-9-3-2-5-16-10(9)7-17(6-4-12)8-11(13,14)15/h2-3,5H,4,6-8H2,1H3. The first-order valence-corrected chi connectivity index (χ1v) is 6.30. The van der Waals surface area contributed by atoms with E-state index in [1.54, 1.807) is 12.3 Å². The van der Waals surface area contributed by atoms with Gasteiger partial charge in [0.1, 0.15) is 0 Å². The van der Waals surface area contributed by atoms with Crippen molar-refractivity contribution in [2.24, 2.45) is 0 Å². The SMILES string of the molecule is Cc1cccnc1CN(CCBr)CC(F)(F)F. The molecule has 2 nitrogen and oxygen atoms in total. The maximum Gasteiger partial charge on any atom is 0.401 e. The lowest BCUT2D eigenvalue weighted by atomic mass is 10.2. The Bertz CT molecular complexity index is 355. The molecule has 1 rings (SSSR count). The van der Waals surface area contributed by atoms with E-state index in [0.717, 1.165) is 5.56 Å². The lowest BCUT2D eigenvalue weighted by molar-refractivity contribution is -0.146. The van der Waals surface area contributed by atoms with Gasteiger partial charge in [-0.2, -0.15) is 13.2 Å². The molecule has 0 bridgehead atoms. The molecule has 0 N–H and O–H groups in total. The number of aryl methyl sites for hydroxylation is 1. The number of nitrogens with zero attached hydrogens (tertiary/aromatic N) is 2. The Hall–Kier alpha value is -0.620. The molecule has 0 saturated heterocycles. The average molecular weight is 311 g/mol. The number of halogens is 4. The van der Waals surface area contributed by atoms with Crippen LogP contribution in [0.5, 0.6) is 0 Å². The Labute approximate surface area is 107 Å². The highest BCUT2D eigenvalue weighted by Crippen LogP contribution is 2.18. The van der Waals surface area contributed by atoms with Gasteiger partial charge in [-0.05, 0) is 18.6 Å². The van der Waals surface area contributed by atoms with Crippen molar-refractivity contribution in [1.82, 2.24) is 9.88 Å². The Kier molecular flexibility index (Phi) is 5.39. The van der Waals surface area contributed by atoms with E-state index in [9.17, 15) is 13.2 Å². The molecule has 6 heteroatoms. The molecule has 0 radical (unpaired) electrons. The zero-order chi connectivity index (χ0) is 12.9. The van der Waals surface area contributed by atoms with Crippen LogP contribution in [0, 0.1) is 6.92 Å². The normalized spacial score (nSPS) is 12.1. The van der Waals surface area contributed by atoms with Crippen LogP contribution in [-0.4, -0.2) is 34.5 Å². The van der Waals surface area contributed by atoms with Gasteiger partial charge in [-0.3, -0.25) is 9.88 Å². The van der Waals surface area contributed by atoms with E-state index < -0.39 is 12.7 Å². The van der Waals surface area contributed by atoms with Gasteiger partial charge in [0.2, 0.25) is 0 Å². The van der Waals surface area contributed by atoms with E-state index in [2.05, 4.69) is 20.9 Å². The second-order valence-corrected chi connectivity index (χ2v) is 4.57. The fourth-order valence-electron chi connectivity index (χ4n) is 1.48. The molecule has 0 aliphatic rings. The average Bonchev–Trinajstić information content (AvgIpc) is 2.19. The number of rotatable bonds is 5. The molecule has 96 valence electrons. The predicted molar refractivity (Wildman–Crippen MR) is 64.1 cm³/mol. The van der Waals surface area contributed by atoms with Crippen molar-refractivity contribution in [3.8, 4) is 0 Å². The third-order valence-electron chi connectivity index (χ3n) is 2.29. The monoisotopic (exact) mass is 310 g/mol. The maximum atomic E-state index is 12.4. The summed E-state index contributed by atoms with van der Waals surface area (Å²) in [5, 5.41) is 0.509. The summed E-state index contributed by atoms with van der Waals surface area (Å²) >= 11 is 3.16. The predicted octanol–water partition coefficient (Wildman–Crippen LogP) is 3.15. The van der Waals surface area contributed by atoms with Crippen molar-refractivity contribution in [1.29, 1.82) is 0 Å². The van der Waals surface area contributed by atoms with Gasteiger partial charge in [-0.15, -0.1) is 0 Å². The summed E-state index contributed by atoms with van der Waals surface area (Å²) in [5.74, 6) is 0. The molecule has 0 unspecified atom stereocenters. The summed E-state index contributed by atoms with van der Waals surface area (Å²) in [6.07, 6.45) is -2.58. The van der Waals surface area contributed by atoms with Gasteiger partial charge in [0, 0.05) is 24.6 Å². The Morgan fingerprint density at radius 1 is 1.41 bits per heavy atom. The molecule has 1 aromatic rings. The summed E-state index contributed by atoms with van der Waals surface area (Å²) in [6.45, 7) is 1.50. The van der Waals surface area contributed by atoms with Crippen molar-refractivity contribution < 1.29 is 13.2 Å². The number of aromatic nitrogens is 1. The summed E-state index contributed by atoms with van der Waals surface area (Å²) < 4.78 is 37.1. The topological polar surface area (TPSA) is 16.1 Å². The third-order valence-corrected chi connectivity index (χ3v) is 2.65. The molecule has 17 heavy (non-hydrogen) atoms. The van der Waals surface area contributed by atoms with Gasteiger partial charge >= 0.3 is 6.18 Å². The van der Waals surface area contributed by atoms with Gasteiger partial charge in [0.15, 0.2) is 0 Å². The summed E-state index contributed by atoms with van der Waals surface area (Å²) in [4.78, 5) is 5.44. The molecule has 0 amide bonds. The maximum absolute atomic E-state index is 12.4. The minimum atomic E-state index is -4.18. The summed E-state index contributed by atoms with van der Waals surface area (Å²) in [5.41, 5.74) is 1.60. The third kappa shape index (κ3) is 5.50. The number of hydrogen-bond donors (Lipinski definition) is 0. The van der Waals surface area contributed by atoms with Gasteiger partial charge in [-0.25, -0.2) is 0 Å². The summed E-state index contributed by atoms with van der Waals surface area (Å²) in [7, 11) is 0. The second kappa shape index (κ2) is 6.35. The largest absolute Gasteiger partial charge is 0.401 e. The van der Waals surface area contributed by atoms with Crippen LogP contribution < -0.4 is 0 Å². The van der Waals surface area contributed by atoms with E-state index >= 15 is 0 Å². The van der Waals surface area contributed by atoms with Crippen LogP contribution in [0.4, 0.5) is 13.2 Å². The Morgan fingerprint density at radius 2 is 2.12 bits per heavy atom. The molecule has 0 atom stereocenters. The van der Waals surface area contributed by atoms with Crippen LogP contribution >= 0.6 is 15.9 Å². The highest BCUT2D eigenvalue weighted by molar-refractivity contribution is 9.09. The molecule has 0 aromatic carbocycles. The number of alkyl halides is 4. The first kappa shape index (κ1) is 14.4. The van der Waals surface area contributed by atoms with Crippen molar-refractivity contribution in [3.63, 3.8) is 0 Å². The van der Waals surface area contributed by atoms with E-state index in [4.69, 9.17) is 0 Å². The highest BCUT2D eigenvalue weighted by atomic mass is 79.9. The minimum Gasteiger partial charge on any atom is -0.288 e. The molecule has 0 spiro atoms. The molecule has 0 aliphatic carbocycles. The first-order chi connectivity index (χ1) is 7.92. The zero-order valence-corrected chi connectivity index (χ0v) is 11.1. The van der Waals surface area contributed by atoms with Gasteiger partial charge in [-0.1, -0.05) is 22.0 Å². The lowest BCUT2D eigenvalue weighted by Gasteiger charge is -2.22. The van der Waals surface area contributed by atoms with Gasteiger partial charge in [0.05, 0.1) is 12.2 Å². The molecule has 0 fully saturated rings. The van der Waals surface area contributed by atoms with E-state index in [-0.39, 0.29) is 6.54 Å². The van der Waals surface area contributed by atoms with E-state index in [0.29, 0.717) is 17.6 Å². The molecule has 1 aromatic heterocycles. The Balaban J connectivity index is 2.70. The van der Waals surface area contributed by atoms with Crippen LogP contribution in [0.15, 0.2) is 18.3 Å². The van der Waals surface area contributed by atoms with Crippen LogP contribution in [0.25, 0.3) is 0 Å². The van der Waals surface area contributed by atoms with E-state index in [1.807, 2.05) is 13.0 Å². The second-order valence-electron chi connectivity index (χ2n) is 3.78. The van der Waals surface area contributed by atoms with Crippen molar-refractivity contribution in [3.05, 3.63) is 29.6 Å². The van der Waals surface area contributed by atoms with Gasteiger partial charge in [0.25, 0.3) is 0 Å². The minimum absolute atomic E-state index is 0.220.